The maximum atomic E-state index is 13.8. The number of aliphatic hydroxyl groups excluding tert-OH is 1. The number of carbonyl (C=O) groups excluding carboxylic acids is 2. The van der Waals surface area contributed by atoms with Crippen LogP contribution in [0.25, 0.3) is 0 Å². The summed E-state index contributed by atoms with van der Waals surface area (Å²) in [4.78, 5) is 32.4. The van der Waals surface area contributed by atoms with Gasteiger partial charge < -0.3 is 15.3 Å². The number of benzene rings is 2. The fraction of sp³-hybridized carbons (Fsp3) is 0.345. The molecule has 1 heterocycles. The second-order valence-corrected chi connectivity index (χ2v) is 9.14. The third-order valence-corrected chi connectivity index (χ3v) is 5.93. The smallest absolute Gasteiger partial charge is 0.253 e. The van der Waals surface area contributed by atoms with Crippen molar-refractivity contribution in [1.29, 1.82) is 0 Å². The fourth-order valence-corrected chi connectivity index (χ4v) is 4.31. The van der Waals surface area contributed by atoms with Crippen molar-refractivity contribution < 1.29 is 23.5 Å². The molecule has 0 unspecified atom stereocenters. The van der Waals surface area contributed by atoms with Gasteiger partial charge in [-0.15, -0.1) is 0 Å². The van der Waals surface area contributed by atoms with E-state index in [2.05, 4.69) is 10.3 Å². The van der Waals surface area contributed by atoms with Crippen molar-refractivity contribution in [3.8, 4) is 0 Å². The van der Waals surface area contributed by atoms with Gasteiger partial charge in [0.25, 0.3) is 11.8 Å². The van der Waals surface area contributed by atoms with Crippen molar-refractivity contribution >= 4 is 11.8 Å². The van der Waals surface area contributed by atoms with Crippen LogP contribution in [0.2, 0.25) is 0 Å². The minimum Gasteiger partial charge on any atom is -0.385 e. The fourth-order valence-electron chi connectivity index (χ4n) is 4.31. The van der Waals surface area contributed by atoms with E-state index in [4.69, 9.17) is 0 Å². The summed E-state index contributed by atoms with van der Waals surface area (Å²) in [5.41, 5.74) is 1.96. The van der Waals surface area contributed by atoms with Crippen LogP contribution in [0.5, 0.6) is 0 Å². The maximum Gasteiger partial charge on any atom is 0.253 e. The minimum absolute atomic E-state index is 0.0451. The molecule has 2 amide bonds. The molecule has 1 aromatic heterocycles. The number of hydrogen-bond acceptors (Lipinski definition) is 4. The highest BCUT2D eigenvalue weighted by Crippen LogP contribution is 2.21. The number of aryl methyl sites for hydroxylation is 1. The van der Waals surface area contributed by atoms with Crippen LogP contribution in [-0.2, 0) is 6.42 Å². The Kier molecular flexibility index (Phi) is 9.85. The predicted molar refractivity (Wildman–Crippen MR) is 138 cm³/mol. The van der Waals surface area contributed by atoms with Crippen LogP contribution >= 0.6 is 0 Å². The molecule has 0 bridgehead atoms. The molecule has 0 radical (unpaired) electrons. The lowest BCUT2D eigenvalue weighted by molar-refractivity contribution is 0.0755. The summed E-state index contributed by atoms with van der Waals surface area (Å²) in [7, 11) is 0. The summed E-state index contributed by atoms with van der Waals surface area (Å²) in [6, 6.07) is 12.1. The van der Waals surface area contributed by atoms with Gasteiger partial charge in [0.15, 0.2) is 0 Å². The first-order valence-electron chi connectivity index (χ1n) is 12.5. The third-order valence-electron chi connectivity index (χ3n) is 5.93. The molecule has 37 heavy (non-hydrogen) atoms. The first kappa shape index (κ1) is 27.9. The Morgan fingerprint density at radius 2 is 1.62 bits per heavy atom. The van der Waals surface area contributed by atoms with E-state index in [1.807, 2.05) is 13.8 Å². The van der Waals surface area contributed by atoms with Crippen LogP contribution < -0.4 is 5.32 Å². The molecule has 0 saturated heterocycles. The normalized spacial score (nSPS) is 12.6. The lowest BCUT2D eigenvalue weighted by Gasteiger charge is -2.25. The van der Waals surface area contributed by atoms with Crippen LogP contribution in [-0.4, -0.2) is 45.9 Å². The zero-order valence-electron chi connectivity index (χ0n) is 21.4. The van der Waals surface area contributed by atoms with E-state index in [-0.39, 0.29) is 23.5 Å². The molecule has 0 saturated carbocycles. The monoisotopic (exact) mass is 509 g/mol. The molecule has 2 atom stereocenters. The third kappa shape index (κ3) is 7.67. The molecule has 2 aromatic carbocycles. The molecule has 0 spiro atoms. The van der Waals surface area contributed by atoms with Crippen molar-refractivity contribution in [2.45, 2.75) is 52.2 Å². The Bertz CT molecular complexity index is 1190. The molecular weight excluding hydrogens is 476 g/mol. The van der Waals surface area contributed by atoms with Gasteiger partial charge in [-0.2, -0.15) is 0 Å². The number of pyridine rings is 1. The molecular formula is C29H33F2N3O3. The first-order chi connectivity index (χ1) is 17.7. The van der Waals surface area contributed by atoms with Crippen LogP contribution in [0.4, 0.5) is 8.78 Å². The van der Waals surface area contributed by atoms with Gasteiger partial charge in [-0.3, -0.25) is 14.6 Å². The van der Waals surface area contributed by atoms with Gasteiger partial charge in [0.05, 0.1) is 11.7 Å². The largest absolute Gasteiger partial charge is 0.385 e. The second kappa shape index (κ2) is 13.1. The van der Waals surface area contributed by atoms with Gasteiger partial charge in [0.1, 0.15) is 17.7 Å². The summed E-state index contributed by atoms with van der Waals surface area (Å²) < 4.78 is 27.7. The number of halogens is 2. The van der Waals surface area contributed by atoms with Crippen LogP contribution in [0.15, 0.2) is 60.8 Å². The maximum absolute atomic E-state index is 13.8. The second-order valence-electron chi connectivity index (χ2n) is 9.14. The van der Waals surface area contributed by atoms with E-state index in [0.29, 0.717) is 24.3 Å². The first-order valence-corrected chi connectivity index (χ1v) is 12.5. The number of amides is 2. The van der Waals surface area contributed by atoms with Gasteiger partial charge in [-0.1, -0.05) is 19.9 Å². The highest BCUT2D eigenvalue weighted by atomic mass is 19.1. The standard InChI is InChI=1S/C29H33F2N3O3/c1-4-10-34(11-5-2)29(37)22-13-19(3)12-21(17-22)28(36)33-26(27(35)25-8-6-7-9-32-25)16-20-14-23(30)18-24(31)15-20/h6-9,12-15,17-18,26-27,35H,4-5,10-11,16H2,1-3H3,(H,33,36)/t26-,27+/m0/s1. The lowest BCUT2D eigenvalue weighted by Crippen LogP contribution is -2.41. The van der Waals surface area contributed by atoms with Crippen molar-refractivity contribution in [3.05, 3.63) is 100 Å². The number of nitrogens with zero attached hydrogens (tertiary/aromatic N) is 2. The summed E-state index contributed by atoms with van der Waals surface area (Å²) in [5.74, 6) is -2.18. The topological polar surface area (TPSA) is 82.5 Å². The Balaban J connectivity index is 1.90. The zero-order chi connectivity index (χ0) is 26.9. The minimum atomic E-state index is -1.24. The quantitative estimate of drug-likeness (QED) is 0.381. The molecule has 0 aliphatic heterocycles. The van der Waals surface area contributed by atoms with Crippen molar-refractivity contribution in [2.24, 2.45) is 0 Å². The number of rotatable bonds is 11. The highest BCUT2D eigenvalue weighted by molar-refractivity contribution is 6.00. The highest BCUT2D eigenvalue weighted by Gasteiger charge is 2.26. The summed E-state index contributed by atoms with van der Waals surface area (Å²) in [5, 5.41) is 13.8. The van der Waals surface area contributed by atoms with Crippen LogP contribution in [0, 0.1) is 18.6 Å². The SMILES string of the molecule is CCCN(CCC)C(=O)c1cc(C)cc(C(=O)N[C@@H](Cc2cc(F)cc(F)c2)[C@H](O)c2ccccn2)c1. The summed E-state index contributed by atoms with van der Waals surface area (Å²) >= 11 is 0. The number of nitrogens with one attached hydrogen (secondary N) is 1. The number of aliphatic hydroxyl groups is 1. The molecule has 0 fully saturated rings. The molecule has 8 heteroatoms. The average molecular weight is 510 g/mol. The van der Waals surface area contributed by atoms with E-state index in [0.717, 1.165) is 36.6 Å². The van der Waals surface area contributed by atoms with Gasteiger partial charge in [-0.25, -0.2) is 8.78 Å². The van der Waals surface area contributed by atoms with Crippen molar-refractivity contribution in [3.63, 3.8) is 0 Å². The predicted octanol–water partition coefficient (Wildman–Crippen LogP) is 5.01. The molecule has 3 aromatic rings. The molecule has 6 nitrogen and oxygen atoms in total. The average Bonchev–Trinajstić information content (AvgIpc) is 2.87. The number of aromatic nitrogens is 1. The Hall–Kier alpha value is -3.65. The van der Waals surface area contributed by atoms with E-state index in [1.54, 1.807) is 42.2 Å². The van der Waals surface area contributed by atoms with E-state index in [1.165, 1.54) is 12.3 Å². The molecule has 196 valence electrons. The Morgan fingerprint density at radius 3 is 2.22 bits per heavy atom. The van der Waals surface area contributed by atoms with E-state index in [9.17, 15) is 23.5 Å². The lowest BCUT2D eigenvalue weighted by atomic mass is 9.97. The van der Waals surface area contributed by atoms with Gasteiger partial charge in [-0.05, 0) is 79.8 Å². The molecule has 0 aliphatic rings. The van der Waals surface area contributed by atoms with Gasteiger partial charge >= 0.3 is 0 Å². The zero-order valence-corrected chi connectivity index (χ0v) is 21.4. The van der Waals surface area contributed by atoms with Crippen molar-refractivity contribution in [2.75, 3.05) is 13.1 Å². The summed E-state index contributed by atoms with van der Waals surface area (Å²) in [6.07, 6.45) is 1.86. The van der Waals surface area contributed by atoms with Gasteiger partial charge in [0, 0.05) is 36.5 Å². The summed E-state index contributed by atoms with van der Waals surface area (Å²) in [6.45, 7) is 7.04. The molecule has 3 rings (SSSR count). The van der Waals surface area contributed by atoms with Crippen molar-refractivity contribution in [1.82, 2.24) is 15.2 Å². The number of carbonyl (C=O) groups is 2. The van der Waals surface area contributed by atoms with Crippen LogP contribution in [0.1, 0.15) is 70.3 Å². The number of hydrogen-bond donors (Lipinski definition) is 2. The van der Waals surface area contributed by atoms with E-state index < -0.39 is 29.7 Å². The molecule has 0 aliphatic carbocycles. The van der Waals surface area contributed by atoms with Gasteiger partial charge in [0.2, 0.25) is 0 Å². The van der Waals surface area contributed by atoms with Crippen LogP contribution in [0.3, 0.4) is 0 Å². The Morgan fingerprint density at radius 1 is 0.973 bits per heavy atom. The van der Waals surface area contributed by atoms with E-state index >= 15 is 0 Å². The molecule has 2 N–H and O–H groups in total. The Labute approximate surface area is 216 Å².